The molecular weight excluding hydrogens is 242 g/mol. The van der Waals surface area contributed by atoms with E-state index in [0.29, 0.717) is 6.54 Å². The zero-order valence-corrected chi connectivity index (χ0v) is 11.5. The monoisotopic (exact) mass is 261 g/mol. The Morgan fingerprint density at radius 3 is 2.72 bits per heavy atom. The lowest BCUT2D eigenvalue weighted by Crippen LogP contribution is -2.21. The van der Waals surface area contributed by atoms with Gasteiger partial charge in [-0.2, -0.15) is 0 Å². The number of nitrogens with zero attached hydrogens (tertiary/aromatic N) is 2. The van der Waals surface area contributed by atoms with Gasteiger partial charge in [-0.15, -0.1) is 11.3 Å². The second-order valence-electron chi connectivity index (χ2n) is 4.44. The summed E-state index contributed by atoms with van der Waals surface area (Å²) in [5.74, 6) is 0. The molecule has 3 nitrogen and oxygen atoms in total. The van der Waals surface area contributed by atoms with E-state index in [1.54, 1.807) is 11.3 Å². The summed E-state index contributed by atoms with van der Waals surface area (Å²) in [6.45, 7) is 2.55. The van der Waals surface area contributed by atoms with Crippen molar-refractivity contribution in [3.63, 3.8) is 0 Å². The lowest BCUT2D eigenvalue weighted by Gasteiger charge is -2.16. The van der Waals surface area contributed by atoms with E-state index >= 15 is 0 Å². The van der Waals surface area contributed by atoms with Crippen molar-refractivity contribution in [3.8, 4) is 0 Å². The van der Waals surface area contributed by atoms with E-state index in [1.165, 1.54) is 11.1 Å². The van der Waals surface area contributed by atoms with Gasteiger partial charge < -0.3 is 10.6 Å². The first-order chi connectivity index (χ1) is 8.79. The van der Waals surface area contributed by atoms with Gasteiger partial charge in [0.2, 0.25) is 0 Å². The van der Waals surface area contributed by atoms with E-state index in [2.05, 4.69) is 40.5 Å². The fourth-order valence-electron chi connectivity index (χ4n) is 1.98. The van der Waals surface area contributed by atoms with Crippen LogP contribution in [-0.4, -0.2) is 23.5 Å². The number of likely N-dealkylation sites (N-methyl/N-ethyl adjacent to an activating group) is 1. The average molecular weight is 261 g/mol. The summed E-state index contributed by atoms with van der Waals surface area (Å²) in [6, 6.07) is 8.40. The minimum atomic E-state index is 0.617. The van der Waals surface area contributed by atoms with E-state index in [9.17, 15) is 0 Å². The Morgan fingerprint density at radius 2 is 2.06 bits per heavy atom. The van der Waals surface area contributed by atoms with Crippen molar-refractivity contribution in [1.29, 1.82) is 0 Å². The van der Waals surface area contributed by atoms with Crippen molar-refractivity contribution in [2.75, 3.05) is 13.6 Å². The van der Waals surface area contributed by atoms with Gasteiger partial charge in [-0.3, -0.25) is 0 Å². The zero-order chi connectivity index (χ0) is 12.8. The standard InChI is InChI=1S/C14H19N3S/c1-17(9-14-10-18-11-16-14)7-6-12-4-2-3-5-13(12)8-15/h2-5,10-11H,6-9,15H2,1H3. The fourth-order valence-corrected chi connectivity index (χ4v) is 2.53. The second-order valence-corrected chi connectivity index (χ2v) is 5.16. The van der Waals surface area contributed by atoms with Crippen LogP contribution in [0, 0.1) is 0 Å². The van der Waals surface area contributed by atoms with Gasteiger partial charge in [-0.05, 0) is 24.6 Å². The van der Waals surface area contributed by atoms with E-state index in [1.807, 2.05) is 11.6 Å². The predicted molar refractivity (Wildman–Crippen MR) is 76.5 cm³/mol. The Labute approximate surface area is 112 Å². The second kappa shape index (κ2) is 6.64. The third-order valence-corrected chi connectivity index (χ3v) is 3.65. The van der Waals surface area contributed by atoms with Gasteiger partial charge in [0.05, 0.1) is 11.2 Å². The van der Waals surface area contributed by atoms with Crippen LogP contribution in [0.15, 0.2) is 35.2 Å². The summed E-state index contributed by atoms with van der Waals surface area (Å²) < 4.78 is 0. The van der Waals surface area contributed by atoms with Gasteiger partial charge in [-0.1, -0.05) is 24.3 Å². The molecule has 2 rings (SSSR count). The number of aromatic nitrogens is 1. The molecule has 0 aliphatic carbocycles. The van der Waals surface area contributed by atoms with Crippen molar-refractivity contribution in [1.82, 2.24) is 9.88 Å². The molecule has 0 spiro atoms. The highest BCUT2D eigenvalue weighted by Crippen LogP contribution is 2.10. The third-order valence-electron chi connectivity index (χ3n) is 3.02. The molecule has 0 bridgehead atoms. The average Bonchev–Trinajstić information content (AvgIpc) is 2.89. The van der Waals surface area contributed by atoms with Crippen molar-refractivity contribution in [2.45, 2.75) is 19.5 Å². The highest BCUT2D eigenvalue weighted by atomic mass is 32.1. The molecule has 0 radical (unpaired) electrons. The predicted octanol–water partition coefficient (Wildman–Crippen LogP) is 2.28. The summed E-state index contributed by atoms with van der Waals surface area (Å²) in [5.41, 5.74) is 11.4. The molecule has 0 atom stereocenters. The number of benzene rings is 1. The van der Waals surface area contributed by atoms with Gasteiger partial charge in [-0.25, -0.2) is 4.98 Å². The maximum Gasteiger partial charge on any atom is 0.0795 e. The minimum absolute atomic E-state index is 0.617. The van der Waals surface area contributed by atoms with Gasteiger partial charge >= 0.3 is 0 Å². The van der Waals surface area contributed by atoms with Crippen LogP contribution in [0.1, 0.15) is 16.8 Å². The molecule has 1 aromatic heterocycles. The molecule has 0 fully saturated rings. The first kappa shape index (κ1) is 13.2. The molecule has 1 heterocycles. The van der Waals surface area contributed by atoms with Crippen LogP contribution in [0.5, 0.6) is 0 Å². The molecule has 1 aromatic carbocycles. The van der Waals surface area contributed by atoms with Crippen molar-refractivity contribution in [2.24, 2.45) is 5.73 Å². The van der Waals surface area contributed by atoms with Crippen molar-refractivity contribution >= 4 is 11.3 Å². The highest BCUT2D eigenvalue weighted by Gasteiger charge is 2.04. The van der Waals surface area contributed by atoms with Gasteiger partial charge in [0.25, 0.3) is 0 Å². The largest absolute Gasteiger partial charge is 0.326 e. The lowest BCUT2D eigenvalue weighted by molar-refractivity contribution is 0.327. The Kier molecular flexibility index (Phi) is 4.87. The van der Waals surface area contributed by atoms with E-state index in [0.717, 1.165) is 25.2 Å². The van der Waals surface area contributed by atoms with Crippen molar-refractivity contribution < 1.29 is 0 Å². The summed E-state index contributed by atoms with van der Waals surface area (Å²) >= 11 is 1.65. The molecule has 0 saturated carbocycles. The lowest BCUT2D eigenvalue weighted by atomic mass is 10.0. The first-order valence-corrected chi connectivity index (χ1v) is 7.06. The Hall–Kier alpha value is -1.23. The summed E-state index contributed by atoms with van der Waals surface area (Å²) in [6.07, 6.45) is 1.04. The molecule has 96 valence electrons. The summed E-state index contributed by atoms with van der Waals surface area (Å²) in [7, 11) is 2.13. The molecule has 0 aliphatic rings. The molecular formula is C14H19N3S. The van der Waals surface area contributed by atoms with Gasteiger partial charge in [0.1, 0.15) is 0 Å². The molecule has 0 amide bonds. The zero-order valence-electron chi connectivity index (χ0n) is 10.7. The van der Waals surface area contributed by atoms with Crippen LogP contribution in [0.2, 0.25) is 0 Å². The maximum atomic E-state index is 5.74. The topological polar surface area (TPSA) is 42.1 Å². The highest BCUT2D eigenvalue weighted by molar-refractivity contribution is 7.07. The van der Waals surface area contributed by atoms with Gasteiger partial charge in [0.15, 0.2) is 0 Å². The fraction of sp³-hybridized carbons (Fsp3) is 0.357. The number of rotatable bonds is 6. The summed E-state index contributed by atoms with van der Waals surface area (Å²) in [5, 5.41) is 2.10. The Balaban J connectivity index is 1.87. The van der Waals surface area contributed by atoms with E-state index in [4.69, 9.17) is 5.73 Å². The van der Waals surface area contributed by atoms with Crippen molar-refractivity contribution in [3.05, 3.63) is 52.0 Å². The maximum absolute atomic E-state index is 5.74. The quantitative estimate of drug-likeness (QED) is 0.867. The normalized spacial score (nSPS) is 11.1. The third kappa shape index (κ3) is 3.63. The molecule has 18 heavy (non-hydrogen) atoms. The molecule has 0 saturated heterocycles. The minimum Gasteiger partial charge on any atom is -0.326 e. The molecule has 0 aliphatic heterocycles. The van der Waals surface area contributed by atoms with Crippen LogP contribution in [0.3, 0.4) is 0 Å². The smallest absolute Gasteiger partial charge is 0.0795 e. The molecule has 0 unspecified atom stereocenters. The van der Waals surface area contributed by atoms with E-state index < -0.39 is 0 Å². The molecule has 2 N–H and O–H groups in total. The molecule has 2 aromatic rings. The van der Waals surface area contributed by atoms with Crippen LogP contribution in [0.4, 0.5) is 0 Å². The number of hydrogen-bond donors (Lipinski definition) is 1. The van der Waals surface area contributed by atoms with Crippen LogP contribution >= 0.6 is 11.3 Å². The Morgan fingerprint density at radius 1 is 1.28 bits per heavy atom. The van der Waals surface area contributed by atoms with Crippen LogP contribution < -0.4 is 5.73 Å². The summed E-state index contributed by atoms with van der Waals surface area (Å²) in [4.78, 5) is 6.60. The number of nitrogens with two attached hydrogens (primary N) is 1. The molecule has 4 heteroatoms. The SMILES string of the molecule is CN(CCc1ccccc1CN)Cc1cscn1. The van der Waals surface area contributed by atoms with Gasteiger partial charge in [0, 0.05) is 25.0 Å². The van der Waals surface area contributed by atoms with E-state index in [-0.39, 0.29) is 0 Å². The van der Waals surface area contributed by atoms with Crippen LogP contribution in [-0.2, 0) is 19.5 Å². The number of hydrogen-bond acceptors (Lipinski definition) is 4. The Bertz CT molecular complexity index is 468. The number of thiazole rings is 1. The first-order valence-electron chi connectivity index (χ1n) is 6.12. The van der Waals surface area contributed by atoms with Crippen LogP contribution in [0.25, 0.3) is 0 Å².